The predicted octanol–water partition coefficient (Wildman–Crippen LogP) is 2.70. The summed E-state index contributed by atoms with van der Waals surface area (Å²) in [6.07, 6.45) is 4.14. The highest BCUT2D eigenvalue weighted by Crippen LogP contribution is 2.21. The van der Waals surface area contributed by atoms with Crippen molar-refractivity contribution in [3.63, 3.8) is 0 Å². The molecule has 2 aromatic heterocycles. The van der Waals surface area contributed by atoms with Gasteiger partial charge in [-0.3, -0.25) is 9.20 Å². The molecule has 0 amide bonds. The zero-order valence-electron chi connectivity index (χ0n) is 10.4. The fraction of sp³-hybridized carbons (Fsp3) is 0.385. The summed E-state index contributed by atoms with van der Waals surface area (Å²) in [6, 6.07) is 1.38. The van der Waals surface area contributed by atoms with Gasteiger partial charge in [0.1, 0.15) is 0 Å². The molecular formula is C13H15ClN2O2. The van der Waals surface area contributed by atoms with Gasteiger partial charge in [0.25, 0.3) is 5.56 Å². The molecule has 18 heavy (non-hydrogen) atoms. The van der Waals surface area contributed by atoms with Crippen LogP contribution in [0.2, 0.25) is 5.02 Å². The Balaban J connectivity index is 2.73. The Morgan fingerprint density at radius 1 is 1.50 bits per heavy atom. The lowest BCUT2D eigenvalue weighted by molar-refractivity contribution is 0.476. The Morgan fingerprint density at radius 3 is 2.89 bits per heavy atom. The maximum atomic E-state index is 12.3. The van der Waals surface area contributed by atoms with Gasteiger partial charge in [0, 0.05) is 23.5 Å². The topological polar surface area (TPSA) is 54.6 Å². The van der Waals surface area contributed by atoms with Crippen molar-refractivity contribution < 1.29 is 5.11 Å². The van der Waals surface area contributed by atoms with Gasteiger partial charge in [-0.25, -0.2) is 4.98 Å². The number of fused-ring (bicyclic) bond motifs is 1. The lowest BCUT2D eigenvalue weighted by atomic mass is 10.1. The molecule has 0 aliphatic heterocycles. The molecule has 96 valence electrons. The molecule has 0 bridgehead atoms. The van der Waals surface area contributed by atoms with Crippen LogP contribution in [0.1, 0.15) is 31.0 Å². The summed E-state index contributed by atoms with van der Waals surface area (Å²) in [4.78, 5) is 16.6. The first-order valence-electron chi connectivity index (χ1n) is 5.95. The van der Waals surface area contributed by atoms with Crippen LogP contribution in [0.15, 0.2) is 17.1 Å². The summed E-state index contributed by atoms with van der Waals surface area (Å²) in [5.74, 6) is -0.0789. The van der Waals surface area contributed by atoms with Crippen molar-refractivity contribution >= 4 is 17.2 Å². The lowest BCUT2D eigenvalue weighted by Gasteiger charge is -2.09. The molecule has 0 fully saturated rings. The Labute approximate surface area is 110 Å². The minimum atomic E-state index is -0.149. The second-order valence-electron chi connectivity index (χ2n) is 4.32. The Morgan fingerprint density at radius 2 is 2.22 bits per heavy atom. The smallest absolute Gasteiger partial charge is 0.261 e. The van der Waals surface area contributed by atoms with Gasteiger partial charge in [0.05, 0.1) is 5.02 Å². The molecule has 2 rings (SSSR count). The van der Waals surface area contributed by atoms with Crippen molar-refractivity contribution in [1.82, 2.24) is 9.38 Å². The first-order chi connectivity index (χ1) is 8.54. The fourth-order valence-corrected chi connectivity index (χ4v) is 2.18. The molecule has 0 spiro atoms. The molecule has 2 aromatic rings. The van der Waals surface area contributed by atoms with Crippen LogP contribution in [0.5, 0.6) is 5.75 Å². The molecule has 0 atom stereocenters. The van der Waals surface area contributed by atoms with Crippen LogP contribution in [0.4, 0.5) is 0 Å². The zero-order chi connectivity index (χ0) is 13.3. The third kappa shape index (κ3) is 2.20. The quantitative estimate of drug-likeness (QED) is 0.929. The summed E-state index contributed by atoms with van der Waals surface area (Å²) in [5, 5.41) is 10.1. The number of hydrogen-bond donors (Lipinski definition) is 1. The van der Waals surface area contributed by atoms with Crippen molar-refractivity contribution in [2.24, 2.45) is 0 Å². The molecule has 1 N–H and O–H groups in total. The van der Waals surface area contributed by atoms with E-state index in [0.29, 0.717) is 22.7 Å². The highest BCUT2D eigenvalue weighted by Gasteiger charge is 2.12. The summed E-state index contributed by atoms with van der Waals surface area (Å²) >= 11 is 5.84. The van der Waals surface area contributed by atoms with Gasteiger partial charge in [0.15, 0.2) is 11.4 Å². The Kier molecular flexibility index (Phi) is 3.57. The molecular weight excluding hydrogens is 252 g/mol. The van der Waals surface area contributed by atoms with Gasteiger partial charge < -0.3 is 5.11 Å². The molecule has 0 aliphatic rings. The molecule has 2 heterocycles. The first-order valence-corrected chi connectivity index (χ1v) is 6.32. The lowest BCUT2D eigenvalue weighted by Crippen LogP contribution is -2.21. The van der Waals surface area contributed by atoms with E-state index in [1.807, 2.05) is 0 Å². The van der Waals surface area contributed by atoms with Crippen molar-refractivity contribution in [2.45, 2.75) is 33.1 Å². The summed E-state index contributed by atoms with van der Waals surface area (Å²) in [6.45, 7) is 3.87. The van der Waals surface area contributed by atoms with Gasteiger partial charge in [-0.2, -0.15) is 0 Å². The van der Waals surface area contributed by atoms with Crippen LogP contribution in [0.3, 0.4) is 0 Å². The van der Waals surface area contributed by atoms with E-state index in [-0.39, 0.29) is 17.0 Å². The number of nitrogens with zero attached hydrogens (tertiary/aromatic N) is 2. The molecule has 5 heteroatoms. The average molecular weight is 267 g/mol. The van der Waals surface area contributed by atoms with Crippen molar-refractivity contribution in [3.05, 3.63) is 38.9 Å². The van der Waals surface area contributed by atoms with E-state index >= 15 is 0 Å². The van der Waals surface area contributed by atoms with Crippen molar-refractivity contribution in [1.29, 1.82) is 0 Å². The average Bonchev–Trinajstić information content (AvgIpc) is 2.31. The van der Waals surface area contributed by atoms with Gasteiger partial charge in [-0.05, 0) is 19.8 Å². The normalized spacial score (nSPS) is 11.1. The molecule has 0 saturated carbocycles. The highest BCUT2D eigenvalue weighted by atomic mass is 35.5. The largest absolute Gasteiger partial charge is 0.504 e. The summed E-state index contributed by atoms with van der Waals surface area (Å²) in [7, 11) is 0. The minimum absolute atomic E-state index is 0.0789. The van der Waals surface area contributed by atoms with E-state index in [2.05, 4.69) is 11.9 Å². The van der Waals surface area contributed by atoms with Crippen LogP contribution in [-0.4, -0.2) is 14.5 Å². The number of hydrogen-bond acceptors (Lipinski definition) is 3. The van der Waals surface area contributed by atoms with Crippen LogP contribution in [0, 0.1) is 6.92 Å². The maximum absolute atomic E-state index is 12.3. The number of aromatic hydroxyl groups is 1. The number of rotatable bonds is 3. The number of pyridine rings is 1. The van der Waals surface area contributed by atoms with E-state index in [9.17, 15) is 9.90 Å². The van der Waals surface area contributed by atoms with Gasteiger partial charge >= 0.3 is 0 Å². The first kappa shape index (κ1) is 12.9. The van der Waals surface area contributed by atoms with Crippen molar-refractivity contribution in [3.8, 4) is 5.75 Å². The highest BCUT2D eigenvalue weighted by molar-refractivity contribution is 6.30. The maximum Gasteiger partial charge on any atom is 0.261 e. The molecule has 0 aromatic carbocycles. The van der Waals surface area contributed by atoms with E-state index < -0.39 is 0 Å². The molecule has 0 unspecified atom stereocenters. The summed E-state index contributed by atoms with van der Waals surface area (Å²) < 4.78 is 1.32. The van der Waals surface area contributed by atoms with Crippen LogP contribution in [0.25, 0.3) is 5.65 Å². The molecule has 0 aliphatic carbocycles. The van der Waals surface area contributed by atoms with Gasteiger partial charge in [-0.1, -0.05) is 24.9 Å². The SMILES string of the molecule is CCCCc1c(C)nc2c(O)cc(Cl)cn2c1=O. The van der Waals surface area contributed by atoms with Crippen LogP contribution < -0.4 is 5.56 Å². The fourth-order valence-electron chi connectivity index (χ4n) is 1.97. The standard InChI is InChI=1S/C13H15ClN2O2/c1-3-4-5-10-8(2)15-12-11(17)6-9(14)7-16(12)13(10)18/h6-7,17H,3-5H2,1-2H3. The number of aryl methyl sites for hydroxylation is 1. The number of aromatic nitrogens is 2. The Hall–Kier alpha value is -1.55. The minimum Gasteiger partial charge on any atom is -0.504 e. The van der Waals surface area contributed by atoms with E-state index in [0.717, 1.165) is 12.8 Å². The third-order valence-corrected chi connectivity index (χ3v) is 3.16. The molecule has 4 nitrogen and oxygen atoms in total. The second-order valence-corrected chi connectivity index (χ2v) is 4.76. The van der Waals surface area contributed by atoms with Crippen LogP contribution in [-0.2, 0) is 6.42 Å². The van der Waals surface area contributed by atoms with Crippen molar-refractivity contribution in [2.75, 3.05) is 0 Å². The van der Waals surface area contributed by atoms with Gasteiger partial charge in [-0.15, -0.1) is 0 Å². The monoisotopic (exact) mass is 266 g/mol. The summed E-state index contributed by atoms with van der Waals surface area (Å²) in [5.41, 5.74) is 1.47. The Bertz CT molecular complexity index is 649. The van der Waals surface area contributed by atoms with E-state index in [1.54, 1.807) is 6.92 Å². The number of unbranched alkanes of at least 4 members (excludes halogenated alkanes) is 1. The van der Waals surface area contributed by atoms with Gasteiger partial charge in [0.2, 0.25) is 0 Å². The van der Waals surface area contributed by atoms with E-state index in [1.165, 1.54) is 16.7 Å². The second kappa shape index (κ2) is 4.98. The van der Waals surface area contributed by atoms with Crippen LogP contribution >= 0.6 is 11.6 Å². The molecule has 0 saturated heterocycles. The number of halogens is 1. The molecule has 0 radical (unpaired) electrons. The zero-order valence-corrected chi connectivity index (χ0v) is 11.2. The van der Waals surface area contributed by atoms with E-state index in [4.69, 9.17) is 11.6 Å². The predicted molar refractivity (Wildman–Crippen MR) is 71.5 cm³/mol. The third-order valence-electron chi connectivity index (χ3n) is 2.95.